The molecule has 1 aliphatic rings. The maximum atomic E-state index is 11.9. The molecule has 0 radical (unpaired) electrons. The van der Waals surface area contributed by atoms with Gasteiger partial charge in [0, 0.05) is 0 Å². The fourth-order valence-corrected chi connectivity index (χ4v) is 2.69. The third-order valence-electron chi connectivity index (χ3n) is 2.64. The van der Waals surface area contributed by atoms with Crippen LogP contribution in [0.2, 0.25) is 0 Å². The number of amides is 1. The molecule has 0 aliphatic carbocycles. The van der Waals surface area contributed by atoms with Crippen molar-refractivity contribution < 1.29 is 14.3 Å². The van der Waals surface area contributed by atoms with E-state index in [1.54, 1.807) is 0 Å². The zero-order valence-corrected chi connectivity index (χ0v) is 11.1. The van der Waals surface area contributed by atoms with Crippen molar-refractivity contribution in [1.82, 2.24) is 4.98 Å². The lowest BCUT2D eigenvalue weighted by Crippen LogP contribution is -2.20. The van der Waals surface area contributed by atoms with Crippen LogP contribution in [0.1, 0.15) is 5.56 Å². The summed E-state index contributed by atoms with van der Waals surface area (Å²) in [7, 11) is 0. The summed E-state index contributed by atoms with van der Waals surface area (Å²) in [5.41, 5.74) is 2.04. The maximum absolute atomic E-state index is 11.9. The van der Waals surface area contributed by atoms with E-state index in [-0.39, 0.29) is 11.7 Å². The average Bonchev–Trinajstić information content (AvgIpc) is 2.81. The highest BCUT2D eigenvalue weighted by molar-refractivity contribution is 7.22. The Morgan fingerprint density at radius 2 is 2.32 bits per heavy atom. The predicted octanol–water partition coefficient (Wildman–Crippen LogP) is 2.43. The molecule has 0 fully saturated rings. The van der Waals surface area contributed by atoms with Gasteiger partial charge in [0.15, 0.2) is 5.13 Å². The van der Waals surface area contributed by atoms with Crippen LogP contribution >= 0.6 is 11.3 Å². The van der Waals surface area contributed by atoms with Crippen LogP contribution < -0.4 is 5.32 Å². The van der Waals surface area contributed by atoms with E-state index in [0.29, 0.717) is 18.3 Å². The molecule has 1 amide bonds. The topological polar surface area (TPSA) is 60.5 Å². The molecule has 1 aromatic carbocycles. The third-order valence-corrected chi connectivity index (χ3v) is 3.57. The Kier molecular flexibility index (Phi) is 3.08. The van der Waals surface area contributed by atoms with E-state index in [0.717, 1.165) is 10.2 Å². The minimum Gasteiger partial charge on any atom is -0.494 e. The quantitative estimate of drug-likeness (QED) is 0.915. The summed E-state index contributed by atoms with van der Waals surface area (Å²) in [5, 5.41) is 3.27. The maximum Gasteiger partial charge on any atom is 0.295 e. The molecule has 19 heavy (non-hydrogen) atoms. The van der Waals surface area contributed by atoms with Gasteiger partial charge in [-0.1, -0.05) is 17.4 Å². The highest BCUT2D eigenvalue weighted by Gasteiger charge is 2.16. The molecule has 0 saturated carbocycles. The van der Waals surface area contributed by atoms with Crippen molar-refractivity contribution in [3.8, 4) is 0 Å². The van der Waals surface area contributed by atoms with Crippen LogP contribution in [0.15, 0.2) is 30.2 Å². The number of anilines is 1. The van der Waals surface area contributed by atoms with Gasteiger partial charge in [0.1, 0.15) is 19.5 Å². The number of carbonyl (C=O) groups excluding carboxylic acids is 1. The lowest BCUT2D eigenvalue weighted by Gasteiger charge is -2.13. The first-order chi connectivity index (χ1) is 9.22. The van der Waals surface area contributed by atoms with Gasteiger partial charge in [-0.2, -0.15) is 0 Å². The van der Waals surface area contributed by atoms with Gasteiger partial charge in [0.25, 0.3) is 5.91 Å². The Labute approximate surface area is 113 Å². The largest absolute Gasteiger partial charge is 0.494 e. The van der Waals surface area contributed by atoms with Gasteiger partial charge < -0.3 is 9.47 Å². The van der Waals surface area contributed by atoms with Gasteiger partial charge in [0.05, 0.1) is 10.2 Å². The van der Waals surface area contributed by atoms with Gasteiger partial charge in [-0.15, -0.1) is 0 Å². The number of fused-ring (bicyclic) bond motifs is 1. The average molecular weight is 276 g/mol. The summed E-state index contributed by atoms with van der Waals surface area (Å²) in [6, 6.07) is 5.98. The molecular formula is C13H12N2O3S. The van der Waals surface area contributed by atoms with E-state index >= 15 is 0 Å². The van der Waals surface area contributed by atoms with E-state index in [1.165, 1.54) is 23.2 Å². The molecule has 0 unspecified atom stereocenters. The van der Waals surface area contributed by atoms with Gasteiger partial charge in [0.2, 0.25) is 5.76 Å². The van der Waals surface area contributed by atoms with Crippen LogP contribution in [0, 0.1) is 6.92 Å². The number of nitrogens with one attached hydrogen (secondary N) is 1. The number of ether oxygens (including phenoxy) is 2. The van der Waals surface area contributed by atoms with Gasteiger partial charge in [-0.05, 0) is 24.6 Å². The summed E-state index contributed by atoms with van der Waals surface area (Å²) in [6.07, 6.45) is 1.33. The minimum atomic E-state index is -0.338. The fraction of sp³-hybridized carbons (Fsp3) is 0.231. The standard InChI is InChI=1S/C13H12N2O3S/c1-8-2-3-9-11(6-8)19-13(14-9)15-12(16)10-7-17-4-5-18-10/h2-3,6-7H,4-5H2,1H3,(H,14,15,16). The van der Waals surface area contributed by atoms with E-state index < -0.39 is 0 Å². The van der Waals surface area contributed by atoms with Crippen molar-refractivity contribution in [2.45, 2.75) is 6.92 Å². The lowest BCUT2D eigenvalue weighted by molar-refractivity contribution is -0.117. The van der Waals surface area contributed by atoms with E-state index in [9.17, 15) is 4.79 Å². The second-order valence-corrected chi connectivity index (χ2v) is 5.18. The zero-order chi connectivity index (χ0) is 13.2. The fourth-order valence-electron chi connectivity index (χ4n) is 1.73. The van der Waals surface area contributed by atoms with Crippen LogP contribution in [0.25, 0.3) is 10.2 Å². The van der Waals surface area contributed by atoms with E-state index in [4.69, 9.17) is 9.47 Å². The number of aryl methyl sites for hydroxylation is 1. The molecule has 0 atom stereocenters. The molecule has 1 aliphatic heterocycles. The van der Waals surface area contributed by atoms with Crippen molar-refractivity contribution >= 4 is 32.6 Å². The monoisotopic (exact) mass is 276 g/mol. The third kappa shape index (κ3) is 2.53. The molecule has 1 aromatic heterocycles. The van der Waals surface area contributed by atoms with Crippen molar-refractivity contribution in [2.75, 3.05) is 18.5 Å². The summed E-state index contributed by atoms with van der Waals surface area (Å²) in [6.45, 7) is 2.88. The zero-order valence-electron chi connectivity index (χ0n) is 10.3. The van der Waals surface area contributed by atoms with Gasteiger partial charge >= 0.3 is 0 Å². The second-order valence-electron chi connectivity index (χ2n) is 4.15. The number of hydrogen-bond donors (Lipinski definition) is 1. The number of thiazole rings is 1. The molecule has 2 heterocycles. The number of benzene rings is 1. The first kappa shape index (κ1) is 12.0. The molecule has 0 saturated heterocycles. The van der Waals surface area contributed by atoms with Crippen LogP contribution in [0.5, 0.6) is 0 Å². The highest BCUT2D eigenvalue weighted by Crippen LogP contribution is 2.27. The Morgan fingerprint density at radius 1 is 1.42 bits per heavy atom. The Morgan fingerprint density at radius 3 is 3.11 bits per heavy atom. The molecule has 2 aromatic rings. The number of rotatable bonds is 2. The smallest absolute Gasteiger partial charge is 0.295 e. The Hall–Kier alpha value is -2.08. The van der Waals surface area contributed by atoms with Crippen LogP contribution in [0.4, 0.5) is 5.13 Å². The summed E-state index contributed by atoms with van der Waals surface area (Å²) < 4.78 is 11.3. The van der Waals surface area contributed by atoms with E-state index in [1.807, 2.05) is 25.1 Å². The molecular weight excluding hydrogens is 264 g/mol. The first-order valence-corrected chi connectivity index (χ1v) is 6.67. The molecule has 0 spiro atoms. The van der Waals surface area contributed by atoms with Crippen molar-refractivity contribution in [2.24, 2.45) is 0 Å². The second kappa shape index (κ2) is 4.89. The molecule has 6 heteroatoms. The number of aromatic nitrogens is 1. The van der Waals surface area contributed by atoms with Crippen molar-refractivity contribution in [3.05, 3.63) is 35.8 Å². The number of hydrogen-bond acceptors (Lipinski definition) is 5. The number of carbonyl (C=O) groups is 1. The van der Waals surface area contributed by atoms with Crippen molar-refractivity contribution in [3.63, 3.8) is 0 Å². The molecule has 98 valence electrons. The lowest BCUT2D eigenvalue weighted by atomic mass is 10.2. The summed E-state index contributed by atoms with van der Waals surface area (Å²) in [5.74, 6) is -0.155. The van der Waals surface area contributed by atoms with Crippen LogP contribution in [0.3, 0.4) is 0 Å². The SMILES string of the molecule is Cc1ccc2nc(NC(=O)C3=COCCO3)sc2c1. The van der Waals surface area contributed by atoms with Crippen LogP contribution in [-0.2, 0) is 14.3 Å². The van der Waals surface area contributed by atoms with E-state index in [2.05, 4.69) is 10.3 Å². The first-order valence-electron chi connectivity index (χ1n) is 5.85. The minimum absolute atomic E-state index is 0.182. The molecule has 1 N–H and O–H groups in total. The molecule has 5 nitrogen and oxygen atoms in total. The normalized spacial score (nSPS) is 14.5. The highest BCUT2D eigenvalue weighted by atomic mass is 32.1. The Bertz CT molecular complexity index is 663. The number of nitrogens with zero attached hydrogens (tertiary/aromatic N) is 1. The summed E-state index contributed by atoms with van der Waals surface area (Å²) >= 11 is 1.44. The molecule has 3 rings (SSSR count). The predicted molar refractivity (Wildman–Crippen MR) is 73.0 cm³/mol. The van der Waals surface area contributed by atoms with Crippen molar-refractivity contribution in [1.29, 1.82) is 0 Å². The molecule has 0 bridgehead atoms. The van der Waals surface area contributed by atoms with Crippen LogP contribution in [-0.4, -0.2) is 24.1 Å². The Balaban J connectivity index is 1.81. The van der Waals surface area contributed by atoms with Gasteiger partial charge in [-0.25, -0.2) is 4.98 Å². The summed E-state index contributed by atoms with van der Waals surface area (Å²) in [4.78, 5) is 16.2. The van der Waals surface area contributed by atoms with Gasteiger partial charge in [-0.3, -0.25) is 10.1 Å².